The van der Waals surface area contributed by atoms with Gasteiger partial charge in [-0.1, -0.05) is 0 Å². The normalized spacial score (nSPS) is 15.3. The van der Waals surface area contributed by atoms with Gasteiger partial charge in [0.2, 0.25) is 12.4 Å². The Kier molecular flexibility index (Phi) is 5.50. The molecular formula is C10H15ClN5O2S+. The van der Waals surface area contributed by atoms with Crippen LogP contribution in [0.4, 0.5) is 0 Å². The topological polar surface area (TPSA) is 115 Å². The summed E-state index contributed by atoms with van der Waals surface area (Å²) in [7, 11) is -2.78. The zero-order valence-corrected chi connectivity index (χ0v) is 11.9. The average Bonchev–Trinajstić information content (AvgIpc) is 2.33. The van der Waals surface area contributed by atoms with Gasteiger partial charge in [-0.2, -0.15) is 5.26 Å². The first-order valence-corrected chi connectivity index (χ1v) is 7.71. The van der Waals surface area contributed by atoms with Gasteiger partial charge in [0.15, 0.2) is 0 Å². The summed E-state index contributed by atoms with van der Waals surface area (Å²) in [5.74, 6) is 5.21. The number of nitrogens with one attached hydrogen (secondary N) is 1. The van der Waals surface area contributed by atoms with Gasteiger partial charge in [0.25, 0.3) is 0 Å². The van der Waals surface area contributed by atoms with Crippen LogP contribution in [0.25, 0.3) is 0 Å². The van der Waals surface area contributed by atoms with Crippen LogP contribution in [0.5, 0.6) is 0 Å². The summed E-state index contributed by atoms with van der Waals surface area (Å²) in [6.07, 6.45) is 4.71. The number of hydrogen-bond acceptors (Lipinski definition) is 6. The zero-order chi connectivity index (χ0) is 14.5. The average molecular weight is 305 g/mol. The second-order valence-corrected chi connectivity index (χ2v) is 6.77. The van der Waals surface area contributed by atoms with Gasteiger partial charge in [0.05, 0.1) is 15.0 Å². The predicted octanol–water partition coefficient (Wildman–Crippen LogP) is 0.338. The third-order valence-corrected chi connectivity index (χ3v) is 4.88. The van der Waals surface area contributed by atoms with Crippen LogP contribution in [0, 0.1) is 11.5 Å². The summed E-state index contributed by atoms with van der Waals surface area (Å²) in [5, 5.41) is 17.7. The van der Waals surface area contributed by atoms with Gasteiger partial charge in [-0.15, -0.1) is 4.36 Å². The van der Waals surface area contributed by atoms with Crippen LogP contribution < -0.4 is 16.0 Å². The Bertz CT molecular complexity index is 606. The highest BCUT2D eigenvalue weighted by Gasteiger charge is 2.25. The highest BCUT2D eigenvalue weighted by molar-refractivity contribution is 7.93. The van der Waals surface area contributed by atoms with Crippen LogP contribution in [0.2, 0.25) is 5.15 Å². The van der Waals surface area contributed by atoms with E-state index in [2.05, 4.69) is 9.79 Å². The molecule has 0 aliphatic carbocycles. The number of nitrogens with two attached hydrogens (primary N) is 1. The van der Waals surface area contributed by atoms with Crippen LogP contribution in [0.3, 0.4) is 0 Å². The van der Waals surface area contributed by atoms with Gasteiger partial charge >= 0.3 is 5.15 Å². The molecule has 0 aromatic carbocycles. The van der Waals surface area contributed by atoms with E-state index in [1.165, 1.54) is 18.5 Å². The van der Waals surface area contributed by atoms with E-state index in [1.54, 1.807) is 12.3 Å². The van der Waals surface area contributed by atoms with E-state index in [4.69, 9.17) is 22.7 Å². The molecule has 0 aliphatic heterocycles. The fourth-order valence-corrected chi connectivity index (χ4v) is 3.28. The number of halogens is 1. The molecule has 2 unspecified atom stereocenters. The van der Waals surface area contributed by atoms with E-state index >= 15 is 0 Å². The Morgan fingerprint density at radius 2 is 2.42 bits per heavy atom. The van der Waals surface area contributed by atoms with Gasteiger partial charge in [-0.25, -0.2) is 4.21 Å². The predicted molar refractivity (Wildman–Crippen MR) is 70.5 cm³/mol. The van der Waals surface area contributed by atoms with Crippen molar-refractivity contribution < 1.29 is 14.1 Å². The number of rotatable bonds is 5. The van der Waals surface area contributed by atoms with Crippen molar-refractivity contribution in [2.75, 3.05) is 12.8 Å². The summed E-state index contributed by atoms with van der Waals surface area (Å²) in [6.45, 7) is 0.393. The van der Waals surface area contributed by atoms with Crippen LogP contribution >= 0.6 is 11.6 Å². The molecule has 1 aromatic heterocycles. The Morgan fingerprint density at radius 3 is 2.95 bits per heavy atom. The quantitative estimate of drug-likeness (QED) is 0.181. The molecule has 1 heterocycles. The molecule has 0 fully saturated rings. The van der Waals surface area contributed by atoms with Crippen LogP contribution in [0.15, 0.2) is 22.7 Å². The molecule has 0 amide bonds. The maximum Gasteiger partial charge on any atom is 0.325 e. The maximum atomic E-state index is 12.4. The summed E-state index contributed by atoms with van der Waals surface area (Å²) in [6, 6.07) is 3.11. The molecule has 4 N–H and O–H groups in total. The van der Waals surface area contributed by atoms with Crippen molar-refractivity contribution in [3.8, 4) is 6.19 Å². The lowest BCUT2D eigenvalue weighted by Gasteiger charge is -2.16. The standard InChI is InChI=1S/C10H15ClN5O2S/c1-19(18,15-7-12)9(4-5-14-13)8-2-3-10(11)16(17)6-8/h2-3,6,9,14,17H,4-5,13H2,1H3/q+1. The van der Waals surface area contributed by atoms with Crippen molar-refractivity contribution in [1.82, 2.24) is 5.43 Å². The molecule has 0 aliphatic rings. The van der Waals surface area contributed by atoms with E-state index in [9.17, 15) is 9.42 Å². The minimum atomic E-state index is -2.78. The lowest BCUT2D eigenvalue weighted by molar-refractivity contribution is -0.903. The smallest absolute Gasteiger partial charge is 0.284 e. The zero-order valence-electron chi connectivity index (χ0n) is 10.3. The van der Waals surface area contributed by atoms with Gasteiger partial charge in [0, 0.05) is 29.2 Å². The van der Waals surface area contributed by atoms with Gasteiger partial charge < -0.3 is 0 Å². The Hall–Kier alpha value is -1.40. The molecular weight excluding hydrogens is 290 g/mol. The molecule has 0 bridgehead atoms. The fourth-order valence-electron chi connectivity index (χ4n) is 1.67. The fraction of sp³-hybridized carbons (Fsp3) is 0.400. The van der Waals surface area contributed by atoms with Crippen LogP contribution in [-0.4, -0.2) is 22.2 Å². The van der Waals surface area contributed by atoms with Crippen LogP contribution in [-0.2, 0) is 9.73 Å². The van der Waals surface area contributed by atoms with E-state index < -0.39 is 15.0 Å². The summed E-state index contributed by atoms with van der Waals surface area (Å²) in [5.41, 5.74) is 3.03. The number of nitrogens with zero attached hydrogens (tertiary/aromatic N) is 3. The lowest BCUT2D eigenvalue weighted by Crippen LogP contribution is -2.33. The second kappa shape index (κ2) is 6.68. The molecule has 0 radical (unpaired) electrons. The molecule has 1 aromatic rings. The largest absolute Gasteiger partial charge is 0.325 e. The minimum Gasteiger partial charge on any atom is -0.284 e. The van der Waals surface area contributed by atoms with E-state index in [0.29, 0.717) is 18.5 Å². The molecule has 0 spiro atoms. The molecule has 19 heavy (non-hydrogen) atoms. The monoisotopic (exact) mass is 304 g/mol. The molecule has 0 saturated carbocycles. The summed E-state index contributed by atoms with van der Waals surface area (Å²) < 4.78 is 16.6. The van der Waals surface area contributed by atoms with Crippen molar-refractivity contribution in [2.24, 2.45) is 10.2 Å². The highest BCUT2D eigenvalue weighted by Crippen LogP contribution is 2.26. The summed E-state index contributed by atoms with van der Waals surface area (Å²) in [4.78, 5) is 0. The first kappa shape index (κ1) is 15.7. The van der Waals surface area contributed by atoms with E-state index in [1.807, 2.05) is 0 Å². The molecule has 0 saturated heterocycles. The van der Waals surface area contributed by atoms with Crippen LogP contribution in [0.1, 0.15) is 17.2 Å². The Balaban J connectivity index is 3.25. The van der Waals surface area contributed by atoms with Gasteiger partial charge in [-0.3, -0.25) is 16.5 Å². The number of nitriles is 1. The van der Waals surface area contributed by atoms with Crippen molar-refractivity contribution in [1.29, 1.82) is 5.26 Å². The van der Waals surface area contributed by atoms with E-state index in [0.717, 1.165) is 4.73 Å². The second-order valence-electron chi connectivity index (χ2n) is 3.91. The number of aromatic nitrogens is 1. The molecule has 2 atom stereocenters. The maximum absolute atomic E-state index is 12.4. The first-order chi connectivity index (χ1) is 8.92. The number of hydrazine groups is 1. The van der Waals surface area contributed by atoms with Crippen molar-refractivity contribution in [3.63, 3.8) is 0 Å². The molecule has 9 heteroatoms. The molecule has 104 valence electrons. The lowest BCUT2D eigenvalue weighted by atomic mass is 10.1. The van der Waals surface area contributed by atoms with Gasteiger partial charge in [-0.05, 0) is 24.1 Å². The SMILES string of the molecule is CS(=O)(=NC#N)C(CCNN)c1ccc(Cl)[n+](O)c1. The Morgan fingerprint density at radius 1 is 1.74 bits per heavy atom. The Labute approximate surface area is 116 Å². The van der Waals surface area contributed by atoms with Crippen molar-refractivity contribution in [3.05, 3.63) is 29.0 Å². The highest BCUT2D eigenvalue weighted by atomic mass is 35.5. The minimum absolute atomic E-state index is 0.124. The van der Waals surface area contributed by atoms with Gasteiger partial charge in [0.1, 0.15) is 0 Å². The summed E-state index contributed by atoms with van der Waals surface area (Å²) >= 11 is 5.70. The van der Waals surface area contributed by atoms with Crippen molar-refractivity contribution >= 4 is 21.3 Å². The van der Waals surface area contributed by atoms with E-state index in [-0.39, 0.29) is 5.15 Å². The number of pyridine rings is 1. The first-order valence-electron chi connectivity index (χ1n) is 5.35. The molecule has 1 rings (SSSR count). The third kappa shape index (κ3) is 4.04. The third-order valence-electron chi connectivity index (χ3n) is 2.58. The van der Waals surface area contributed by atoms with Crippen molar-refractivity contribution in [2.45, 2.75) is 11.7 Å². The number of hydrogen-bond donors (Lipinski definition) is 3. The molecule has 7 nitrogen and oxygen atoms in total.